The Hall–Kier alpha value is -2.97. The number of halogens is 1. The number of piperazine rings is 1. The highest BCUT2D eigenvalue weighted by atomic mass is 19.1. The van der Waals surface area contributed by atoms with Crippen LogP contribution in [0.5, 0.6) is 0 Å². The minimum atomic E-state index is -0.265. The number of H-pyrrole nitrogens is 1. The van der Waals surface area contributed by atoms with Crippen LogP contribution in [0.3, 0.4) is 0 Å². The molecule has 8 heteroatoms. The number of carbonyl (C=O) groups excluding carboxylic acids is 1. The molecule has 1 aromatic carbocycles. The number of fused-ring (bicyclic) bond motifs is 1. The van der Waals surface area contributed by atoms with Crippen molar-refractivity contribution in [2.75, 3.05) is 26.2 Å². The standard InChI is InChI=1S/C27H33FN4O3/c1-17-18(6-5-9-22(17)28)12-24-26(27(35)31-11-10-29-19(15-31)16-33)21-14-30-25(34)13-23(21)32(24)20-7-3-2-4-8-20/h5-6,9,13-14,19-20,29,33H,2-4,7-8,10-12,15-16H2,1H3,(H,30,34)/t19-/m1/s1. The largest absolute Gasteiger partial charge is 0.395 e. The van der Waals surface area contributed by atoms with Gasteiger partial charge in [0.2, 0.25) is 5.56 Å². The van der Waals surface area contributed by atoms with Gasteiger partial charge in [-0.2, -0.15) is 0 Å². The smallest absolute Gasteiger partial charge is 0.256 e. The molecule has 1 saturated heterocycles. The first-order valence-corrected chi connectivity index (χ1v) is 12.6. The number of rotatable bonds is 5. The summed E-state index contributed by atoms with van der Waals surface area (Å²) < 4.78 is 16.7. The number of aromatic nitrogens is 2. The molecule has 7 nitrogen and oxygen atoms in total. The number of hydrogen-bond donors (Lipinski definition) is 3. The van der Waals surface area contributed by atoms with Crippen LogP contribution in [-0.2, 0) is 6.42 Å². The number of hydrogen-bond acceptors (Lipinski definition) is 4. The van der Waals surface area contributed by atoms with Crippen molar-refractivity contribution in [1.29, 1.82) is 0 Å². The highest BCUT2D eigenvalue weighted by Crippen LogP contribution is 2.37. The average molecular weight is 481 g/mol. The Kier molecular flexibility index (Phi) is 6.75. The van der Waals surface area contributed by atoms with Crippen molar-refractivity contribution >= 4 is 16.8 Å². The summed E-state index contributed by atoms with van der Waals surface area (Å²) in [4.78, 5) is 31.0. The molecular formula is C27H33FN4O3. The summed E-state index contributed by atoms with van der Waals surface area (Å²) in [6, 6.07) is 6.68. The first-order chi connectivity index (χ1) is 17.0. The first-order valence-electron chi connectivity index (χ1n) is 12.6. The summed E-state index contributed by atoms with van der Waals surface area (Å²) in [5, 5.41) is 13.6. The summed E-state index contributed by atoms with van der Waals surface area (Å²) in [5.41, 5.74) is 3.38. The summed E-state index contributed by atoms with van der Waals surface area (Å²) >= 11 is 0. The molecule has 2 fully saturated rings. The van der Waals surface area contributed by atoms with E-state index in [4.69, 9.17) is 0 Å². The molecule has 1 amide bonds. The van der Waals surface area contributed by atoms with Gasteiger partial charge in [-0.3, -0.25) is 9.59 Å². The zero-order valence-electron chi connectivity index (χ0n) is 20.1. The Labute approximate surface area is 203 Å². The Balaban J connectivity index is 1.71. The monoisotopic (exact) mass is 480 g/mol. The van der Waals surface area contributed by atoms with Gasteiger partial charge in [0, 0.05) is 61.5 Å². The lowest BCUT2D eigenvalue weighted by Gasteiger charge is -2.33. The van der Waals surface area contributed by atoms with Gasteiger partial charge in [-0.15, -0.1) is 0 Å². The summed E-state index contributed by atoms with van der Waals surface area (Å²) in [5.74, 6) is -0.376. The summed E-state index contributed by atoms with van der Waals surface area (Å²) in [6.45, 7) is 3.27. The number of nitrogens with one attached hydrogen (secondary N) is 2. The van der Waals surface area contributed by atoms with Crippen molar-refractivity contribution in [3.8, 4) is 0 Å². The van der Waals surface area contributed by atoms with Crippen LogP contribution < -0.4 is 10.9 Å². The second-order valence-corrected chi connectivity index (χ2v) is 9.87. The number of nitrogens with zero attached hydrogens (tertiary/aromatic N) is 2. The molecule has 2 aliphatic rings. The molecule has 3 N–H and O–H groups in total. The first kappa shape index (κ1) is 23.8. The molecule has 1 atom stereocenters. The fourth-order valence-electron chi connectivity index (χ4n) is 5.76. The number of amides is 1. The van der Waals surface area contributed by atoms with E-state index < -0.39 is 0 Å². The minimum absolute atomic E-state index is 0.0454. The van der Waals surface area contributed by atoms with Gasteiger partial charge in [-0.1, -0.05) is 31.4 Å². The van der Waals surface area contributed by atoms with E-state index in [0.717, 1.165) is 47.8 Å². The minimum Gasteiger partial charge on any atom is -0.395 e. The number of aliphatic hydroxyl groups excluding tert-OH is 1. The van der Waals surface area contributed by atoms with Crippen LogP contribution in [-0.4, -0.2) is 57.7 Å². The number of carbonyl (C=O) groups is 1. The van der Waals surface area contributed by atoms with Crippen molar-refractivity contribution in [2.45, 2.75) is 57.5 Å². The fourth-order valence-corrected chi connectivity index (χ4v) is 5.76. The predicted molar refractivity (Wildman–Crippen MR) is 133 cm³/mol. The van der Waals surface area contributed by atoms with Crippen molar-refractivity contribution in [3.05, 3.63) is 69.0 Å². The molecule has 1 aliphatic carbocycles. The van der Waals surface area contributed by atoms with Crippen molar-refractivity contribution in [3.63, 3.8) is 0 Å². The molecular weight excluding hydrogens is 447 g/mol. The Morgan fingerprint density at radius 1 is 1.23 bits per heavy atom. The molecule has 2 aromatic heterocycles. The Morgan fingerprint density at radius 3 is 2.80 bits per heavy atom. The van der Waals surface area contributed by atoms with Gasteiger partial charge in [0.05, 0.1) is 17.7 Å². The number of benzene rings is 1. The van der Waals surface area contributed by atoms with E-state index >= 15 is 0 Å². The maximum Gasteiger partial charge on any atom is 0.256 e. The maximum atomic E-state index is 14.5. The fraction of sp³-hybridized carbons (Fsp3) is 0.481. The van der Waals surface area contributed by atoms with Gasteiger partial charge in [0.1, 0.15) is 5.82 Å². The second-order valence-electron chi connectivity index (χ2n) is 9.87. The van der Waals surface area contributed by atoms with Crippen LogP contribution in [0.2, 0.25) is 0 Å². The normalized spacial score (nSPS) is 19.4. The second kappa shape index (κ2) is 9.95. The third-order valence-corrected chi connectivity index (χ3v) is 7.67. The highest BCUT2D eigenvalue weighted by Gasteiger charge is 2.32. The molecule has 186 valence electrons. The molecule has 0 bridgehead atoms. The van der Waals surface area contributed by atoms with E-state index in [-0.39, 0.29) is 36.0 Å². The predicted octanol–water partition coefficient (Wildman–Crippen LogP) is 3.28. The average Bonchev–Trinajstić information content (AvgIpc) is 3.19. The summed E-state index contributed by atoms with van der Waals surface area (Å²) in [6.07, 6.45) is 7.41. The maximum absolute atomic E-state index is 14.5. The lowest BCUT2D eigenvalue weighted by Crippen LogP contribution is -2.54. The van der Waals surface area contributed by atoms with E-state index in [0.29, 0.717) is 37.2 Å². The quantitative estimate of drug-likeness (QED) is 0.523. The van der Waals surface area contributed by atoms with Gasteiger partial charge in [-0.25, -0.2) is 4.39 Å². The molecule has 1 saturated carbocycles. The SMILES string of the molecule is Cc1c(F)cccc1Cc1c(C(=O)N2CCN[C@@H](CO)C2)c2c[nH]c(=O)cc2n1C1CCCCC1. The van der Waals surface area contributed by atoms with E-state index in [9.17, 15) is 19.1 Å². The van der Waals surface area contributed by atoms with Crippen molar-refractivity contribution in [2.24, 2.45) is 0 Å². The summed E-state index contributed by atoms with van der Waals surface area (Å²) in [7, 11) is 0. The van der Waals surface area contributed by atoms with Crippen molar-refractivity contribution in [1.82, 2.24) is 19.8 Å². The Morgan fingerprint density at radius 2 is 2.03 bits per heavy atom. The van der Waals surface area contributed by atoms with Crippen LogP contribution in [0.15, 0.2) is 35.3 Å². The molecule has 3 heterocycles. The molecule has 1 aliphatic heterocycles. The number of pyridine rings is 1. The highest BCUT2D eigenvalue weighted by molar-refractivity contribution is 6.08. The van der Waals surface area contributed by atoms with Gasteiger partial charge >= 0.3 is 0 Å². The number of aromatic amines is 1. The third-order valence-electron chi connectivity index (χ3n) is 7.67. The van der Waals surface area contributed by atoms with Crippen molar-refractivity contribution < 1.29 is 14.3 Å². The Bertz CT molecular complexity index is 1290. The van der Waals surface area contributed by atoms with Crippen LogP contribution in [0.4, 0.5) is 4.39 Å². The topological polar surface area (TPSA) is 90.4 Å². The zero-order chi connectivity index (χ0) is 24.5. The molecule has 0 unspecified atom stereocenters. The van der Waals surface area contributed by atoms with E-state index in [1.807, 2.05) is 6.07 Å². The van der Waals surface area contributed by atoms with Gasteiger partial charge in [0.15, 0.2) is 0 Å². The zero-order valence-corrected chi connectivity index (χ0v) is 20.1. The van der Waals surface area contributed by atoms with Gasteiger partial charge in [0.25, 0.3) is 5.91 Å². The molecule has 0 radical (unpaired) electrons. The van der Waals surface area contributed by atoms with Gasteiger partial charge < -0.3 is 24.9 Å². The van der Waals surface area contributed by atoms with Gasteiger partial charge in [-0.05, 0) is 37.0 Å². The van der Waals surface area contributed by atoms with Crippen LogP contribution >= 0.6 is 0 Å². The van der Waals surface area contributed by atoms with Crippen LogP contribution in [0.1, 0.15) is 65.3 Å². The van der Waals surface area contributed by atoms with E-state index in [2.05, 4.69) is 14.9 Å². The molecule has 0 spiro atoms. The lowest BCUT2D eigenvalue weighted by molar-refractivity contribution is 0.0672. The number of aliphatic hydroxyl groups is 1. The van der Waals surface area contributed by atoms with Crippen LogP contribution in [0.25, 0.3) is 10.9 Å². The molecule has 5 rings (SSSR count). The lowest BCUT2D eigenvalue weighted by atomic mass is 9.94. The van der Waals surface area contributed by atoms with E-state index in [1.54, 1.807) is 30.2 Å². The van der Waals surface area contributed by atoms with E-state index in [1.165, 1.54) is 12.5 Å². The molecule has 3 aromatic rings. The molecule has 35 heavy (non-hydrogen) atoms. The third kappa shape index (κ3) is 4.52. The van der Waals surface area contributed by atoms with Crippen LogP contribution in [0, 0.1) is 12.7 Å².